The summed E-state index contributed by atoms with van der Waals surface area (Å²) in [6.07, 6.45) is 2.01. The molecule has 0 spiro atoms. The van der Waals surface area contributed by atoms with Crippen molar-refractivity contribution in [3.63, 3.8) is 0 Å². The zero-order valence-corrected chi connectivity index (χ0v) is 10.3. The van der Waals surface area contributed by atoms with Crippen LogP contribution in [0.2, 0.25) is 0 Å². The summed E-state index contributed by atoms with van der Waals surface area (Å²) in [5.74, 6) is -0.816. The summed E-state index contributed by atoms with van der Waals surface area (Å²) in [4.78, 5) is 10.9. The number of nitrogens with zero attached hydrogens (tertiary/aromatic N) is 1. The van der Waals surface area contributed by atoms with Gasteiger partial charge in [-0.2, -0.15) is 0 Å². The van der Waals surface area contributed by atoms with Crippen molar-refractivity contribution in [3.05, 3.63) is 66.4 Å². The van der Waals surface area contributed by atoms with Crippen molar-refractivity contribution in [1.82, 2.24) is 4.57 Å². The van der Waals surface area contributed by atoms with E-state index in [0.29, 0.717) is 0 Å². The van der Waals surface area contributed by atoms with Crippen molar-refractivity contribution in [1.29, 1.82) is 0 Å². The molecule has 2 aromatic carbocycles. The summed E-state index contributed by atoms with van der Waals surface area (Å²) in [6.45, 7) is 0. The lowest BCUT2D eigenvalue weighted by molar-refractivity contribution is -0.136. The number of para-hydroxylation sites is 2. The number of carboxylic acids is 1. The molecule has 94 valence electrons. The molecule has 0 saturated carbocycles. The number of hydrogen-bond acceptors (Lipinski definition) is 1. The minimum atomic E-state index is -0.816. The SMILES string of the molecule is O=C(O)Cc1ccccc1-n1ccc2ccccc21. The molecule has 3 aromatic rings. The van der Waals surface area contributed by atoms with Crippen molar-refractivity contribution in [2.45, 2.75) is 6.42 Å². The molecule has 0 unspecified atom stereocenters. The van der Waals surface area contributed by atoms with Crippen molar-refractivity contribution in [2.24, 2.45) is 0 Å². The van der Waals surface area contributed by atoms with Gasteiger partial charge in [0.25, 0.3) is 0 Å². The minimum absolute atomic E-state index is 0.0304. The summed E-state index contributed by atoms with van der Waals surface area (Å²) in [7, 11) is 0. The van der Waals surface area contributed by atoms with Crippen molar-refractivity contribution < 1.29 is 9.90 Å². The first-order valence-corrected chi connectivity index (χ1v) is 6.12. The van der Waals surface area contributed by atoms with Crippen molar-refractivity contribution in [3.8, 4) is 5.69 Å². The van der Waals surface area contributed by atoms with Gasteiger partial charge in [0.1, 0.15) is 0 Å². The van der Waals surface area contributed by atoms with Crippen molar-refractivity contribution in [2.75, 3.05) is 0 Å². The van der Waals surface area contributed by atoms with Crippen LogP contribution in [0.3, 0.4) is 0 Å². The van der Waals surface area contributed by atoms with Crippen molar-refractivity contribution >= 4 is 16.9 Å². The van der Waals surface area contributed by atoms with E-state index in [0.717, 1.165) is 22.2 Å². The molecule has 1 N–H and O–H groups in total. The van der Waals surface area contributed by atoms with Gasteiger partial charge in [-0.05, 0) is 29.1 Å². The number of rotatable bonds is 3. The van der Waals surface area contributed by atoms with E-state index >= 15 is 0 Å². The molecule has 0 aliphatic carbocycles. The fourth-order valence-corrected chi connectivity index (χ4v) is 2.35. The average molecular weight is 251 g/mol. The van der Waals surface area contributed by atoms with E-state index in [2.05, 4.69) is 0 Å². The van der Waals surface area contributed by atoms with Crippen LogP contribution in [0.4, 0.5) is 0 Å². The molecule has 0 aliphatic heterocycles. The summed E-state index contributed by atoms with van der Waals surface area (Å²) in [5.41, 5.74) is 2.82. The maximum Gasteiger partial charge on any atom is 0.307 e. The van der Waals surface area contributed by atoms with Gasteiger partial charge in [0, 0.05) is 11.9 Å². The predicted octanol–water partition coefficient (Wildman–Crippen LogP) is 3.26. The smallest absolute Gasteiger partial charge is 0.307 e. The molecule has 0 aliphatic rings. The van der Waals surface area contributed by atoms with E-state index in [1.807, 2.05) is 65.4 Å². The first-order chi connectivity index (χ1) is 9.25. The molecule has 0 bridgehead atoms. The molecule has 0 amide bonds. The highest BCUT2D eigenvalue weighted by Crippen LogP contribution is 2.23. The largest absolute Gasteiger partial charge is 0.481 e. The summed E-state index contributed by atoms with van der Waals surface area (Å²) < 4.78 is 2.04. The van der Waals surface area contributed by atoms with Gasteiger partial charge in [-0.1, -0.05) is 36.4 Å². The number of carboxylic acid groups (broad SMARTS) is 1. The van der Waals surface area contributed by atoms with Gasteiger partial charge in [0.15, 0.2) is 0 Å². The second-order valence-electron chi connectivity index (χ2n) is 4.44. The average Bonchev–Trinajstić information content (AvgIpc) is 2.82. The molecule has 0 radical (unpaired) electrons. The number of carbonyl (C=O) groups is 1. The molecular weight excluding hydrogens is 238 g/mol. The van der Waals surface area contributed by atoms with Crippen LogP contribution in [0.5, 0.6) is 0 Å². The summed E-state index contributed by atoms with van der Waals surface area (Å²) in [5, 5.41) is 10.1. The van der Waals surface area contributed by atoms with Gasteiger partial charge in [0.2, 0.25) is 0 Å². The quantitative estimate of drug-likeness (QED) is 0.776. The molecule has 3 heteroatoms. The molecule has 0 saturated heterocycles. The summed E-state index contributed by atoms with van der Waals surface area (Å²) in [6, 6.07) is 17.7. The van der Waals surface area contributed by atoms with Gasteiger partial charge in [-0.3, -0.25) is 4.79 Å². The van der Waals surface area contributed by atoms with E-state index in [1.54, 1.807) is 0 Å². The Labute approximate surface area is 110 Å². The van der Waals surface area contributed by atoms with Crippen LogP contribution in [0.1, 0.15) is 5.56 Å². The van der Waals surface area contributed by atoms with E-state index in [-0.39, 0.29) is 6.42 Å². The Morgan fingerprint density at radius 3 is 2.58 bits per heavy atom. The minimum Gasteiger partial charge on any atom is -0.481 e. The van der Waals surface area contributed by atoms with Crippen LogP contribution in [0, 0.1) is 0 Å². The third-order valence-electron chi connectivity index (χ3n) is 3.19. The van der Waals surface area contributed by atoms with Crippen LogP contribution in [-0.4, -0.2) is 15.6 Å². The molecule has 1 heterocycles. The first kappa shape index (κ1) is 11.5. The Balaban J connectivity index is 2.19. The second-order valence-corrected chi connectivity index (χ2v) is 4.44. The molecular formula is C16H13NO2. The molecule has 3 nitrogen and oxygen atoms in total. The van der Waals surface area contributed by atoms with Crippen LogP contribution >= 0.6 is 0 Å². The highest BCUT2D eigenvalue weighted by atomic mass is 16.4. The van der Waals surface area contributed by atoms with Crippen LogP contribution in [0.25, 0.3) is 16.6 Å². The Hall–Kier alpha value is -2.55. The number of hydrogen-bond donors (Lipinski definition) is 1. The van der Waals surface area contributed by atoms with E-state index in [1.165, 1.54) is 0 Å². The Morgan fingerprint density at radius 1 is 1.00 bits per heavy atom. The highest BCUT2D eigenvalue weighted by molar-refractivity contribution is 5.82. The zero-order chi connectivity index (χ0) is 13.2. The van der Waals surface area contributed by atoms with E-state index in [4.69, 9.17) is 5.11 Å². The maximum absolute atomic E-state index is 10.9. The van der Waals surface area contributed by atoms with Gasteiger partial charge in [-0.15, -0.1) is 0 Å². The zero-order valence-electron chi connectivity index (χ0n) is 10.3. The molecule has 3 rings (SSSR count). The number of aromatic nitrogens is 1. The lowest BCUT2D eigenvalue weighted by Gasteiger charge is -2.10. The van der Waals surface area contributed by atoms with Crippen LogP contribution < -0.4 is 0 Å². The lowest BCUT2D eigenvalue weighted by atomic mass is 10.1. The van der Waals surface area contributed by atoms with Crippen LogP contribution in [-0.2, 0) is 11.2 Å². The normalized spacial score (nSPS) is 10.7. The van der Waals surface area contributed by atoms with E-state index < -0.39 is 5.97 Å². The third kappa shape index (κ3) is 2.10. The van der Waals surface area contributed by atoms with Gasteiger partial charge in [0.05, 0.1) is 11.9 Å². The predicted molar refractivity (Wildman–Crippen MR) is 74.6 cm³/mol. The first-order valence-electron chi connectivity index (χ1n) is 6.12. The summed E-state index contributed by atoms with van der Waals surface area (Å²) >= 11 is 0. The highest BCUT2D eigenvalue weighted by Gasteiger charge is 2.09. The Kier molecular flexibility index (Phi) is 2.80. The number of benzene rings is 2. The third-order valence-corrected chi connectivity index (χ3v) is 3.19. The molecule has 19 heavy (non-hydrogen) atoms. The Bertz CT molecular complexity index is 743. The monoisotopic (exact) mass is 251 g/mol. The van der Waals surface area contributed by atoms with Crippen LogP contribution in [0.15, 0.2) is 60.8 Å². The number of aliphatic carboxylic acids is 1. The van der Waals surface area contributed by atoms with E-state index in [9.17, 15) is 4.79 Å². The number of fused-ring (bicyclic) bond motifs is 1. The molecule has 0 atom stereocenters. The maximum atomic E-state index is 10.9. The van der Waals surface area contributed by atoms with Gasteiger partial charge < -0.3 is 9.67 Å². The Morgan fingerprint density at radius 2 is 1.74 bits per heavy atom. The fourth-order valence-electron chi connectivity index (χ4n) is 2.35. The standard InChI is InChI=1S/C16H13NO2/c18-16(19)11-13-6-2-4-8-15(13)17-10-9-12-5-1-3-7-14(12)17/h1-10H,11H2,(H,18,19). The van der Waals surface area contributed by atoms with Gasteiger partial charge in [-0.25, -0.2) is 0 Å². The lowest BCUT2D eigenvalue weighted by Crippen LogP contribution is -2.05. The topological polar surface area (TPSA) is 42.2 Å². The van der Waals surface area contributed by atoms with Gasteiger partial charge >= 0.3 is 5.97 Å². The molecule has 1 aromatic heterocycles. The molecule has 0 fully saturated rings. The fraction of sp³-hybridized carbons (Fsp3) is 0.0625. The second kappa shape index (κ2) is 4.61.